The molecule has 0 unspecified atom stereocenters. The van der Waals surface area contributed by atoms with Gasteiger partial charge in [-0.15, -0.1) is 0 Å². The first-order valence-corrected chi connectivity index (χ1v) is 2.37. The predicted molar refractivity (Wildman–Crippen MR) is 28.9 cm³/mol. The zero-order valence-electron chi connectivity index (χ0n) is 4.70. The average Bonchev–Trinajstić information content (AvgIpc) is 2.14. The monoisotopic (exact) mass is 112 g/mol. The van der Waals surface area contributed by atoms with Gasteiger partial charge in [-0.1, -0.05) is 0 Å². The summed E-state index contributed by atoms with van der Waals surface area (Å²) >= 11 is 0. The third-order valence-electron chi connectivity index (χ3n) is 0.830. The standard InChI is InChI=1S/C4H8N4/c1-8-3-6-4(2-5)7-8/h3H,2,5H2,1H3. The van der Waals surface area contributed by atoms with Crippen molar-refractivity contribution in [3.8, 4) is 0 Å². The summed E-state index contributed by atoms with van der Waals surface area (Å²) in [5.41, 5.74) is 5.22. The number of nitrogens with zero attached hydrogens (tertiary/aromatic N) is 3. The molecule has 1 heterocycles. The van der Waals surface area contributed by atoms with Crippen molar-refractivity contribution in [1.82, 2.24) is 14.8 Å². The van der Waals surface area contributed by atoms with Gasteiger partial charge in [-0.2, -0.15) is 5.10 Å². The van der Waals surface area contributed by atoms with Gasteiger partial charge in [-0.05, 0) is 0 Å². The van der Waals surface area contributed by atoms with E-state index < -0.39 is 0 Å². The van der Waals surface area contributed by atoms with Crippen molar-refractivity contribution >= 4 is 0 Å². The molecule has 0 amide bonds. The van der Waals surface area contributed by atoms with Crippen LogP contribution in [0.2, 0.25) is 0 Å². The maximum atomic E-state index is 5.22. The van der Waals surface area contributed by atoms with E-state index in [-0.39, 0.29) is 0 Å². The topological polar surface area (TPSA) is 56.7 Å². The summed E-state index contributed by atoms with van der Waals surface area (Å²) in [5.74, 6) is 0.688. The first-order chi connectivity index (χ1) is 3.83. The van der Waals surface area contributed by atoms with Crippen LogP contribution >= 0.6 is 0 Å². The summed E-state index contributed by atoms with van der Waals surface area (Å²) in [6.45, 7) is 0.418. The van der Waals surface area contributed by atoms with E-state index in [4.69, 9.17) is 5.73 Å². The van der Waals surface area contributed by atoms with E-state index >= 15 is 0 Å². The van der Waals surface area contributed by atoms with Crippen molar-refractivity contribution in [3.63, 3.8) is 0 Å². The van der Waals surface area contributed by atoms with E-state index in [2.05, 4.69) is 10.1 Å². The molecule has 0 atom stereocenters. The Morgan fingerprint density at radius 1 is 1.88 bits per heavy atom. The van der Waals surface area contributed by atoms with Gasteiger partial charge in [-0.3, -0.25) is 4.68 Å². The van der Waals surface area contributed by atoms with E-state index in [0.717, 1.165) is 0 Å². The highest BCUT2D eigenvalue weighted by molar-refractivity contribution is 4.77. The fraction of sp³-hybridized carbons (Fsp3) is 0.500. The number of aromatic nitrogens is 3. The second-order valence-corrected chi connectivity index (χ2v) is 1.54. The van der Waals surface area contributed by atoms with Crippen molar-refractivity contribution in [2.75, 3.05) is 0 Å². The van der Waals surface area contributed by atoms with E-state index in [9.17, 15) is 0 Å². The Hall–Kier alpha value is -0.900. The fourth-order valence-corrected chi connectivity index (χ4v) is 0.477. The van der Waals surface area contributed by atoms with Gasteiger partial charge in [0.15, 0.2) is 5.82 Å². The molecule has 0 aromatic carbocycles. The van der Waals surface area contributed by atoms with Crippen LogP contribution < -0.4 is 5.73 Å². The Balaban J connectivity index is 2.84. The maximum Gasteiger partial charge on any atom is 0.164 e. The lowest BCUT2D eigenvalue weighted by atomic mass is 10.6. The number of nitrogens with two attached hydrogens (primary N) is 1. The maximum absolute atomic E-state index is 5.22. The lowest BCUT2D eigenvalue weighted by Gasteiger charge is -1.81. The van der Waals surface area contributed by atoms with Crippen LogP contribution in [0.4, 0.5) is 0 Å². The molecule has 4 heteroatoms. The minimum absolute atomic E-state index is 0.418. The van der Waals surface area contributed by atoms with E-state index in [1.54, 1.807) is 11.0 Å². The Morgan fingerprint density at radius 2 is 2.62 bits per heavy atom. The van der Waals surface area contributed by atoms with Crippen molar-refractivity contribution in [2.45, 2.75) is 6.54 Å². The highest BCUT2D eigenvalue weighted by Crippen LogP contribution is 1.81. The zero-order valence-corrected chi connectivity index (χ0v) is 4.70. The number of hydrogen-bond acceptors (Lipinski definition) is 3. The Bertz CT molecular complexity index is 168. The SMILES string of the molecule is Cn1cnc(CN)n1. The quantitative estimate of drug-likeness (QED) is 0.521. The molecule has 0 saturated carbocycles. The molecule has 8 heavy (non-hydrogen) atoms. The van der Waals surface area contributed by atoms with Gasteiger partial charge in [0.1, 0.15) is 6.33 Å². The van der Waals surface area contributed by atoms with Crippen LogP contribution in [0.3, 0.4) is 0 Å². The van der Waals surface area contributed by atoms with Crippen LogP contribution in [0.1, 0.15) is 5.82 Å². The van der Waals surface area contributed by atoms with Crippen molar-refractivity contribution in [2.24, 2.45) is 12.8 Å². The second kappa shape index (κ2) is 1.92. The molecule has 1 aromatic rings. The van der Waals surface area contributed by atoms with Crippen LogP contribution in [-0.4, -0.2) is 14.8 Å². The summed E-state index contributed by atoms with van der Waals surface area (Å²) in [5, 5.41) is 3.91. The lowest BCUT2D eigenvalue weighted by Crippen LogP contribution is -1.99. The molecule has 1 aromatic heterocycles. The summed E-state index contributed by atoms with van der Waals surface area (Å²) in [4.78, 5) is 3.86. The van der Waals surface area contributed by atoms with E-state index in [1.807, 2.05) is 7.05 Å². The molecule has 0 bridgehead atoms. The summed E-state index contributed by atoms with van der Waals surface area (Å²) < 4.78 is 1.63. The largest absolute Gasteiger partial charge is 0.324 e. The van der Waals surface area contributed by atoms with Crippen LogP contribution in [0.15, 0.2) is 6.33 Å². The normalized spacial score (nSPS) is 9.75. The minimum Gasteiger partial charge on any atom is -0.324 e. The first kappa shape index (κ1) is 5.24. The third-order valence-corrected chi connectivity index (χ3v) is 0.830. The van der Waals surface area contributed by atoms with Crippen molar-refractivity contribution in [3.05, 3.63) is 12.2 Å². The molecule has 0 aliphatic rings. The van der Waals surface area contributed by atoms with Gasteiger partial charge < -0.3 is 5.73 Å². The molecule has 0 aliphatic heterocycles. The van der Waals surface area contributed by atoms with E-state index in [0.29, 0.717) is 12.4 Å². The van der Waals surface area contributed by atoms with Crippen LogP contribution in [-0.2, 0) is 13.6 Å². The zero-order chi connectivity index (χ0) is 5.98. The second-order valence-electron chi connectivity index (χ2n) is 1.54. The van der Waals surface area contributed by atoms with Gasteiger partial charge >= 0.3 is 0 Å². The smallest absolute Gasteiger partial charge is 0.164 e. The Kier molecular flexibility index (Phi) is 1.26. The molecular weight excluding hydrogens is 104 g/mol. The molecule has 0 spiro atoms. The highest BCUT2D eigenvalue weighted by Gasteiger charge is 1.90. The highest BCUT2D eigenvalue weighted by atomic mass is 15.3. The van der Waals surface area contributed by atoms with Crippen molar-refractivity contribution in [1.29, 1.82) is 0 Å². The summed E-state index contributed by atoms with van der Waals surface area (Å²) in [6, 6.07) is 0. The van der Waals surface area contributed by atoms with Gasteiger partial charge in [0, 0.05) is 7.05 Å². The minimum atomic E-state index is 0.418. The van der Waals surface area contributed by atoms with Crippen LogP contribution in [0, 0.1) is 0 Å². The first-order valence-electron chi connectivity index (χ1n) is 2.37. The lowest BCUT2D eigenvalue weighted by molar-refractivity contribution is 0.742. The fourth-order valence-electron chi connectivity index (χ4n) is 0.477. The summed E-state index contributed by atoms with van der Waals surface area (Å²) in [7, 11) is 1.81. The van der Waals surface area contributed by atoms with E-state index in [1.165, 1.54) is 0 Å². The predicted octanol–water partition coefficient (Wildman–Crippen LogP) is -0.726. The number of rotatable bonds is 1. The van der Waals surface area contributed by atoms with Crippen molar-refractivity contribution < 1.29 is 0 Å². The third kappa shape index (κ3) is 0.840. The molecule has 1 rings (SSSR count). The summed E-state index contributed by atoms with van der Waals surface area (Å²) in [6.07, 6.45) is 1.63. The molecule has 0 fully saturated rings. The molecule has 4 nitrogen and oxygen atoms in total. The molecule has 2 N–H and O–H groups in total. The number of aryl methyl sites for hydroxylation is 1. The molecular formula is C4H8N4. The molecule has 0 radical (unpaired) electrons. The van der Waals surface area contributed by atoms with Crippen LogP contribution in [0.5, 0.6) is 0 Å². The average molecular weight is 112 g/mol. The Morgan fingerprint density at radius 3 is 2.88 bits per heavy atom. The van der Waals surface area contributed by atoms with Gasteiger partial charge in [-0.25, -0.2) is 4.98 Å². The van der Waals surface area contributed by atoms with Gasteiger partial charge in [0.2, 0.25) is 0 Å². The van der Waals surface area contributed by atoms with Gasteiger partial charge in [0.25, 0.3) is 0 Å². The molecule has 44 valence electrons. The molecule has 0 aliphatic carbocycles. The number of hydrogen-bond donors (Lipinski definition) is 1. The van der Waals surface area contributed by atoms with Crippen LogP contribution in [0.25, 0.3) is 0 Å². The Labute approximate surface area is 47.3 Å². The van der Waals surface area contributed by atoms with Gasteiger partial charge in [0.05, 0.1) is 6.54 Å². The molecule has 0 saturated heterocycles.